The van der Waals surface area contributed by atoms with Crippen LogP contribution in [-0.4, -0.2) is 31.7 Å². The van der Waals surface area contributed by atoms with Gasteiger partial charge in [-0.1, -0.05) is 61.4 Å². The maximum absolute atomic E-state index is 13.2. The third-order valence-corrected chi connectivity index (χ3v) is 6.27. The number of aryl methyl sites for hydroxylation is 2. The Labute approximate surface area is 168 Å². The van der Waals surface area contributed by atoms with Crippen LogP contribution in [0, 0.1) is 19.8 Å². The highest BCUT2D eigenvalue weighted by Gasteiger charge is 2.26. The van der Waals surface area contributed by atoms with Crippen molar-refractivity contribution in [2.45, 2.75) is 45.6 Å². The summed E-state index contributed by atoms with van der Waals surface area (Å²) in [6.07, 6.45) is 0.855. The molecule has 0 heterocycles. The van der Waals surface area contributed by atoms with E-state index in [1.165, 1.54) is 4.31 Å². The van der Waals surface area contributed by atoms with Gasteiger partial charge in [-0.15, -0.1) is 0 Å². The van der Waals surface area contributed by atoms with Crippen LogP contribution in [0.4, 0.5) is 0 Å². The molecule has 0 aromatic heterocycles. The van der Waals surface area contributed by atoms with Gasteiger partial charge in [0.25, 0.3) is 0 Å². The first kappa shape index (κ1) is 22.1. The van der Waals surface area contributed by atoms with Gasteiger partial charge in [0, 0.05) is 13.1 Å². The summed E-state index contributed by atoms with van der Waals surface area (Å²) < 4.78 is 27.6. The number of hydrogen-bond donors (Lipinski definition) is 1. The zero-order valence-electron chi connectivity index (χ0n) is 17.1. The highest BCUT2D eigenvalue weighted by Crippen LogP contribution is 2.19. The zero-order chi connectivity index (χ0) is 20.7. The SMILES string of the molecule is Cc1ccc(S(=O)(=O)N(CC(=O)NCCC(C)C)Cc2cccc(C)c2)cc1. The van der Waals surface area contributed by atoms with Gasteiger partial charge in [0.15, 0.2) is 0 Å². The fourth-order valence-corrected chi connectivity index (χ4v) is 4.20. The normalized spacial score (nSPS) is 11.8. The van der Waals surface area contributed by atoms with Crippen molar-refractivity contribution in [3.05, 3.63) is 65.2 Å². The topological polar surface area (TPSA) is 66.5 Å². The van der Waals surface area contributed by atoms with Gasteiger partial charge in [-0.25, -0.2) is 8.42 Å². The quantitative estimate of drug-likeness (QED) is 0.696. The van der Waals surface area contributed by atoms with Crippen LogP contribution in [0.1, 0.15) is 37.0 Å². The number of amides is 1. The van der Waals surface area contributed by atoms with Gasteiger partial charge >= 0.3 is 0 Å². The third-order valence-electron chi connectivity index (χ3n) is 4.46. The first-order chi connectivity index (χ1) is 13.2. The minimum absolute atomic E-state index is 0.148. The summed E-state index contributed by atoms with van der Waals surface area (Å²) in [4.78, 5) is 12.6. The van der Waals surface area contributed by atoms with Crippen molar-refractivity contribution in [2.24, 2.45) is 5.92 Å². The van der Waals surface area contributed by atoms with Gasteiger partial charge in [-0.05, 0) is 43.9 Å². The second-order valence-corrected chi connectivity index (χ2v) is 9.55. The van der Waals surface area contributed by atoms with E-state index >= 15 is 0 Å². The summed E-state index contributed by atoms with van der Waals surface area (Å²) in [5, 5.41) is 2.83. The molecule has 5 nitrogen and oxygen atoms in total. The van der Waals surface area contributed by atoms with Crippen LogP contribution in [0.25, 0.3) is 0 Å². The van der Waals surface area contributed by atoms with Crippen LogP contribution >= 0.6 is 0 Å². The average Bonchev–Trinajstić information content (AvgIpc) is 2.61. The highest BCUT2D eigenvalue weighted by molar-refractivity contribution is 7.89. The monoisotopic (exact) mass is 402 g/mol. The van der Waals surface area contributed by atoms with Gasteiger partial charge in [0.2, 0.25) is 15.9 Å². The zero-order valence-corrected chi connectivity index (χ0v) is 17.9. The van der Waals surface area contributed by atoms with Gasteiger partial charge in [-0.3, -0.25) is 4.79 Å². The molecule has 2 aromatic carbocycles. The van der Waals surface area contributed by atoms with Crippen molar-refractivity contribution in [2.75, 3.05) is 13.1 Å². The lowest BCUT2D eigenvalue weighted by atomic mass is 10.1. The number of carbonyl (C=O) groups is 1. The number of benzene rings is 2. The molecule has 28 heavy (non-hydrogen) atoms. The molecular weight excluding hydrogens is 372 g/mol. The van der Waals surface area contributed by atoms with Crippen molar-refractivity contribution < 1.29 is 13.2 Å². The van der Waals surface area contributed by atoms with E-state index in [2.05, 4.69) is 19.2 Å². The molecule has 2 aromatic rings. The van der Waals surface area contributed by atoms with Crippen LogP contribution < -0.4 is 5.32 Å². The number of hydrogen-bond acceptors (Lipinski definition) is 3. The molecule has 1 amide bonds. The van der Waals surface area contributed by atoms with Crippen LogP contribution in [-0.2, 0) is 21.4 Å². The van der Waals surface area contributed by atoms with Crippen molar-refractivity contribution in [1.29, 1.82) is 0 Å². The smallest absolute Gasteiger partial charge is 0.243 e. The Balaban J connectivity index is 2.24. The van der Waals surface area contributed by atoms with Crippen LogP contribution in [0.5, 0.6) is 0 Å². The molecule has 2 rings (SSSR count). The number of nitrogens with one attached hydrogen (secondary N) is 1. The summed E-state index contributed by atoms with van der Waals surface area (Å²) in [6.45, 7) is 8.51. The van der Waals surface area contributed by atoms with E-state index < -0.39 is 10.0 Å². The molecular formula is C22H30N2O3S. The maximum atomic E-state index is 13.2. The predicted octanol–water partition coefficient (Wildman–Crippen LogP) is 3.66. The van der Waals surface area contributed by atoms with E-state index in [0.717, 1.165) is 23.1 Å². The number of nitrogens with zero attached hydrogens (tertiary/aromatic N) is 1. The summed E-state index contributed by atoms with van der Waals surface area (Å²) in [6, 6.07) is 14.4. The van der Waals surface area contributed by atoms with Gasteiger partial charge in [0.1, 0.15) is 0 Å². The Kier molecular flexibility index (Phi) is 7.78. The molecule has 0 saturated heterocycles. The molecule has 0 atom stereocenters. The second-order valence-electron chi connectivity index (χ2n) is 7.61. The Morgan fingerprint density at radius 1 is 1.04 bits per heavy atom. The van der Waals surface area contributed by atoms with Crippen LogP contribution in [0.15, 0.2) is 53.4 Å². The summed E-state index contributed by atoms with van der Waals surface area (Å²) in [5.41, 5.74) is 2.88. The molecule has 0 unspecified atom stereocenters. The molecule has 0 radical (unpaired) electrons. The standard InChI is InChI=1S/C22H30N2O3S/c1-17(2)12-13-23-22(25)16-24(15-20-7-5-6-19(4)14-20)28(26,27)21-10-8-18(3)9-11-21/h5-11,14,17H,12-13,15-16H2,1-4H3,(H,23,25). The minimum Gasteiger partial charge on any atom is -0.355 e. The van der Waals surface area contributed by atoms with E-state index in [1.807, 2.05) is 38.1 Å². The fourth-order valence-electron chi connectivity index (χ4n) is 2.82. The molecule has 152 valence electrons. The largest absolute Gasteiger partial charge is 0.355 e. The fraction of sp³-hybridized carbons (Fsp3) is 0.409. The van der Waals surface area contributed by atoms with Crippen LogP contribution in [0.3, 0.4) is 0 Å². The van der Waals surface area contributed by atoms with Crippen molar-refractivity contribution in [1.82, 2.24) is 9.62 Å². The highest BCUT2D eigenvalue weighted by atomic mass is 32.2. The molecule has 0 aliphatic rings. The Bertz CT molecular complexity index is 890. The third kappa shape index (κ3) is 6.46. The molecule has 6 heteroatoms. The molecule has 0 saturated carbocycles. The van der Waals surface area contributed by atoms with Crippen LogP contribution in [0.2, 0.25) is 0 Å². The molecule has 0 aliphatic carbocycles. The van der Waals surface area contributed by atoms with Gasteiger partial charge < -0.3 is 5.32 Å². The van der Waals surface area contributed by atoms with E-state index in [0.29, 0.717) is 12.5 Å². The lowest BCUT2D eigenvalue weighted by molar-refractivity contribution is -0.121. The number of carbonyl (C=O) groups excluding carboxylic acids is 1. The van der Waals surface area contributed by atoms with E-state index in [9.17, 15) is 13.2 Å². The first-order valence-electron chi connectivity index (χ1n) is 9.57. The van der Waals surface area contributed by atoms with Crippen molar-refractivity contribution >= 4 is 15.9 Å². The molecule has 0 fully saturated rings. The summed E-state index contributed by atoms with van der Waals surface area (Å²) >= 11 is 0. The number of rotatable bonds is 9. The number of sulfonamides is 1. The Hall–Kier alpha value is -2.18. The van der Waals surface area contributed by atoms with Gasteiger partial charge in [0.05, 0.1) is 11.4 Å². The lowest BCUT2D eigenvalue weighted by Gasteiger charge is -2.22. The van der Waals surface area contributed by atoms with E-state index in [4.69, 9.17) is 0 Å². The van der Waals surface area contributed by atoms with E-state index in [1.54, 1.807) is 24.3 Å². The molecule has 1 N–H and O–H groups in total. The van der Waals surface area contributed by atoms with E-state index in [-0.39, 0.29) is 23.9 Å². The maximum Gasteiger partial charge on any atom is 0.243 e. The molecule has 0 bridgehead atoms. The summed E-state index contributed by atoms with van der Waals surface area (Å²) in [7, 11) is -3.79. The predicted molar refractivity (Wildman–Crippen MR) is 112 cm³/mol. The Morgan fingerprint density at radius 3 is 2.32 bits per heavy atom. The van der Waals surface area contributed by atoms with Gasteiger partial charge in [-0.2, -0.15) is 4.31 Å². The lowest BCUT2D eigenvalue weighted by Crippen LogP contribution is -2.40. The second kappa shape index (κ2) is 9.85. The van der Waals surface area contributed by atoms with Crippen molar-refractivity contribution in [3.8, 4) is 0 Å². The van der Waals surface area contributed by atoms with Crippen molar-refractivity contribution in [3.63, 3.8) is 0 Å². The first-order valence-corrected chi connectivity index (χ1v) is 11.0. The molecule has 0 spiro atoms. The molecule has 0 aliphatic heterocycles. The summed E-state index contributed by atoms with van der Waals surface area (Å²) in [5.74, 6) is 0.184. The average molecular weight is 403 g/mol. The minimum atomic E-state index is -3.79. The Morgan fingerprint density at radius 2 is 1.71 bits per heavy atom.